The fourth-order valence-corrected chi connectivity index (χ4v) is 5.29. The Kier molecular flexibility index (Phi) is 2.65. The number of furan rings is 1. The molecule has 1 aromatic carbocycles. The fourth-order valence-electron chi connectivity index (χ4n) is 5.29. The zero-order valence-corrected chi connectivity index (χ0v) is 14.8. The molecule has 0 saturated heterocycles. The summed E-state index contributed by atoms with van der Waals surface area (Å²) in [6.07, 6.45) is 1.20. The van der Waals surface area contributed by atoms with Crippen LogP contribution in [-0.2, 0) is 0 Å². The van der Waals surface area contributed by atoms with Crippen molar-refractivity contribution < 1.29 is 4.42 Å². The van der Waals surface area contributed by atoms with Crippen LogP contribution in [0.15, 0.2) is 39.8 Å². The molecule has 3 aromatic rings. The van der Waals surface area contributed by atoms with Crippen LogP contribution in [0.2, 0.25) is 0 Å². The second-order valence-corrected chi connectivity index (χ2v) is 8.05. The Labute approximate surface area is 151 Å². The maximum absolute atomic E-state index is 9.21. The van der Waals surface area contributed by atoms with E-state index in [-0.39, 0.29) is 0 Å². The first-order chi connectivity index (χ1) is 12.7. The SMILES string of the molecule is Cc1nc2oc3ccc(C#N)cc3c2cc1C1C2C3=C(CC(C)NC3)C21. The molecule has 0 spiro atoms. The lowest BCUT2D eigenvalue weighted by Crippen LogP contribution is -2.37. The molecular weight excluding hydrogens is 322 g/mol. The van der Waals surface area contributed by atoms with Crippen molar-refractivity contribution in [2.75, 3.05) is 6.54 Å². The second kappa shape index (κ2) is 4.75. The Hall–Kier alpha value is -2.64. The van der Waals surface area contributed by atoms with Crippen LogP contribution in [0.4, 0.5) is 0 Å². The van der Waals surface area contributed by atoms with E-state index in [1.807, 2.05) is 12.1 Å². The van der Waals surface area contributed by atoms with Gasteiger partial charge in [-0.1, -0.05) is 11.1 Å². The standard InChI is InChI=1S/C22H19N3O/c1-10-5-15-17(9-24-10)21-19(20(15)21)13-7-16-14-6-12(8-23)3-4-18(14)26-22(16)25-11(13)2/h3-4,6-7,10,19-21,24H,5,9H2,1-2H3. The fraction of sp³-hybridized carbons (Fsp3) is 0.364. The molecule has 2 aliphatic carbocycles. The van der Waals surface area contributed by atoms with Gasteiger partial charge in [-0.05, 0) is 61.9 Å². The predicted molar refractivity (Wildman–Crippen MR) is 99.8 cm³/mol. The summed E-state index contributed by atoms with van der Waals surface area (Å²) >= 11 is 0. The highest BCUT2D eigenvalue weighted by Gasteiger charge is 2.63. The molecule has 1 N–H and O–H groups in total. The van der Waals surface area contributed by atoms with E-state index in [2.05, 4.69) is 31.3 Å². The maximum Gasteiger partial charge on any atom is 0.227 e. The van der Waals surface area contributed by atoms with Gasteiger partial charge < -0.3 is 9.73 Å². The van der Waals surface area contributed by atoms with Crippen LogP contribution >= 0.6 is 0 Å². The van der Waals surface area contributed by atoms with E-state index in [4.69, 9.17) is 9.40 Å². The summed E-state index contributed by atoms with van der Waals surface area (Å²) in [7, 11) is 0. The van der Waals surface area contributed by atoms with E-state index in [9.17, 15) is 5.26 Å². The lowest BCUT2D eigenvalue weighted by atomic mass is 9.82. The number of rotatable bonds is 1. The average molecular weight is 341 g/mol. The third-order valence-electron chi connectivity index (χ3n) is 6.59. The molecular formula is C22H19N3O. The van der Waals surface area contributed by atoms with Gasteiger partial charge in [-0.15, -0.1) is 0 Å². The molecule has 1 aliphatic heterocycles. The van der Waals surface area contributed by atoms with Crippen LogP contribution < -0.4 is 5.32 Å². The average Bonchev–Trinajstić information content (AvgIpc) is 3.17. The summed E-state index contributed by atoms with van der Waals surface area (Å²) in [4.78, 5) is 4.77. The highest BCUT2D eigenvalue weighted by molar-refractivity contribution is 6.04. The highest BCUT2D eigenvalue weighted by Crippen LogP contribution is 2.71. The van der Waals surface area contributed by atoms with Gasteiger partial charge in [-0.2, -0.15) is 5.26 Å². The largest absolute Gasteiger partial charge is 0.438 e. The number of nitrogens with one attached hydrogen (secondary N) is 1. The van der Waals surface area contributed by atoms with E-state index >= 15 is 0 Å². The maximum atomic E-state index is 9.21. The van der Waals surface area contributed by atoms with Crippen molar-refractivity contribution in [3.05, 3.63) is 52.2 Å². The van der Waals surface area contributed by atoms with Gasteiger partial charge in [0.05, 0.1) is 11.6 Å². The monoisotopic (exact) mass is 341 g/mol. The smallest absolute Gasteiger partial charge is 0.227 e. The van der Waals surface area contributed by atoms with Crippen LogP contribution in [0.25, 0.3) is 22.1 Å². The van der Waals surface area contributed by atoms with E-state index in [0.29, 0.717) is 23.2 Å². The molecule has 6 rings (SSSR count). The summed E-state index contributed by atoms with van der Waals surface area (Å²) in [5, 5.41) is 14.8. The van der Waals surface area contributed by atoms with Crippen molar-refractivity contribution in [3.63, 3.8) is 0 Å². The number of hydrogen-bond acceptors (Lipinski definition) is 4. The topological polar surface area (TPSA) is 61.9 Å². The van der Waals surface area contributed by atoms with E-state index in [1.54, 1.807) is 17.2 Å². The molecule has 2 aromatic heterocycles. The molecule has 1 saturated carbocycles. The van der Waals surface area contributed by atoms with Crippen molar-refractivity contribution in [2.45, 2.75) is 32.2 Å². The number of benzene rings is 1. The van der Waals surface area contributed by atoms with Gasteiger partial charge in [0.2, 0.25) is 5.71 Å². The Morgan fingerprint density at radius 1 is 1.15 bits per heavy atom. The molecule has 4 atom stereocenters. The minimum atomic E-state index is 0.591. The van der Waals surface area contributed by atoms with Crippen LogP contribution in [0.1, 0.15) is 36.1 Å². The third-order valence-corrected chi connectivity index (χ3v) is 6.59. The van der Waals surface area contributed by atoms with Gasteiger partial charge in [-0.25, -0.2) is 4.98 Å². The lowest BCUT2D eigenvalue weighted by Gasteiger charge is -2.32. The number of aryl methyl sites for hydroxylation is 1. The molecule has 0 radical (unpaired) electrons. The summed E-state index contributed by atoms with van der Waals surface area (Å²) in [6, 6.07) is 10.7. The second-order valence-electron chi connectivity index (χ2n) is 8.05. The van der Waals surface area contributed by atoms with Crippen molar-refractivity contribution in [1.82, 2.24) is 10.3 Å². The van der Waals surface area contributed by atoms with Gasteiger partial charge in [0.25, 0.3) is 0 Å². The van der Waals surface area contributed by atoms with Gasteiger partial charge >= 0.3 is 0 Å². The molecule has 3 aliphatic rings. The quantitative estimate of drug-likeness (QED) is 0.674. The predicted octanol–water partition coefficient (Wildman–Crippen LogP) is 4.18. The number of hydrogen-bond donors (Lipinski definition) is 1. The van der Waals surface area contributed by atoms with Crippen molar-refractivity contribution in [1.29, 1.82) is 5.26 Å². The van der Waals surface area contributed by atoms with Gasteiger partial charge in [0.1, 0.15) is 5.58 Å². The Balaban J connectivity index is 1.46. The number of nitriles is 1. The van der Waals surface area contributed by atoms with Crippen molar-refractivity contribution >= 4 is 22.1 Å². The summed E-state index contributed by atoms with van der Waals surface area (Å²) in [5.41, 5.74) is 7.94. The lowest BCUT2D eigenvalue weighted by molar-refractivity contribution is 0.476. The van der Waals surface area contributed by atoms with Gasteiger partial charge in [0, 0.05) is 35.0 Å². The van der Waals surface area contributed by atoms with E-state index < -0.39 is 0 Å². The van der Waals surface area contributed by atoms with Crippen molar-refractivity contribution in [2.24, 2.45) is 11.8 Å². The molecule has 4 nitrogen and oxygen atoms in total. The van der Waals surface area contributed by atoms with Crippen LogP contribution in [0, 0.1) is 30.1 Å². The van der Waals surface area contributed by atoms with Gasteiger partial charge in [0.15, 0.2) is 0 Å². The third kappa shape index (κ3) is 1.74. The summed E-state index contributed by atoms with van der Waals surface area (Å²) < 4.78 is 5.92. The molecule has 0 amide bonds. The zero-order chi connectivity index (χ0) is 17.6. The molecule has 0 bridgehead atoms. The highest BCUT2D eigenvalue weighted by atomic mass is 16.3. The first-order valence-electron chi connectivity index (χ1n) is 9.35. The van der Waals surface area contributed by atoms with E-state index in [0.717, 1.165) is 40.4 Å². The zero-order valence-electron chi connectivity index (χ0n) is 14.8. The number of aromatic nitrogens is 1. The Morgan fingerprint density at radius 2 is 2.00 bits per heavy atom. The van der Waals surface area contributed by atoms with E-state index in [1.165, 1.54) is 12.0 Å². The van der Waals surface area contributed by atoms with Crippen molar-refractivity contribution in [3.8, 4) is 6.07 Å². The summed E-state index contributed by atoms with van der Waals surface area (Å²) in [5.74, 6) is 2.05. The number of nitrogens with zero attached hydrogens (tertiary/aromatic N) is 2. The first-order valence-corrected chi connectivity index (χ1v) is 9.35. The van der Waals surface area contributed by atoms with Gasteiger partial charge in [-0.3, -0.25) is 0 Å². The minimum absolute atomic E-state index is 0.591. The molecule has 3 heterocycles. The molecule has 4 heteroatoms. The molecule has 128 valence electrons. The normalized spacial score (nSPS) is 29.3. The van der Waals surface area contributed by atoms with Crippen LogP contribution in [0.5, 0.6) is 0 Å². The molecule has 1 fully saturated rings. The first kappa shape index (κ1) is 14.5. The van der Waals surface area contributed by atoms with Crippen LogP contribution in [-0.4, -0.2) is 17.6 Å². The number of fused-ring (bicyclic) bond motifs is 6. The minimum Gasteiger partial charge on any atom is -0.438 e. The molecule has 4 unspecified atom stereocenters. The van der Waals surface area contributed by atoms with Crippen LogP contribution in [0.3, 0.4) is 0 Å². The number of pyridine rings is 1. The molecule has 26 heavy (non-hydrogen) atoms. The Bertz CT molecular complexity index is 1180. The summed E-state index contributed by atoms with van der Waals surface area (Å²) in [6.45, 7) is 5.43. The Morgan fingerprint density at radius 3 is 2.85 bits per heavy atom.